The molecule has 1 heterocycles. The van der Waals surface area contributed by atoms with Crippen molar-refractivity contribution in [3.05, 3.63) is 35.4 Å². The van der Waals surface area contributed by atoms with Gasteiger partial charge in [-0.2, -0.15) is 0 Å². The minimum absolute atomic E-state index is 0.597. The van der Waals surface area contributed by atoms with Gasteiger partial charge in [0.05, 0.1) is 0 Å². The van der Waals surface area contributed by atoms with Crippen LogP contribution in [0.1, 0.15) is 31.4 Å². The molecule has 0 radical (unpaired) electrons. The Balaban J connectivity index is 1.83. The average molecular weight is 232 g/mol. The van der Waals surface area contributed by atoms with Crippen molar-refractivity contribution in [2.45, 2.75) is 45.8 Å². The summed E-state index contributed by atoms with van der Waals surface area (Å²) in [4.78, 5) is 2.55. The Hall–Kier alpha value is -0.860. The van der Waals surface area contributed by atoms with Crippen LogP contribution in [0, 0.1) is 6.92 Å². The van der Waals surface area contributed by atoms with Crippen molar-refractivity contribution in [2.75, 3.05) is 13.1 Å². The van der Waals surface area contributed by atoms with Gasteiger partial charge in [-0.3, -0.25) is 4.90 Å². The van der Waals surface area contributed by atoms with Gasteiger partial charge in [-0.15, -0.1) is 0 Å². The van der Waals surface area contributed by atoms with E-state index in [0.29, 0.717) is 12.1 Å². The van der Waals surface area contributed by atoms with Crippen molar-refractivity contribution >= 4 is 0 Å². The molecule has 17 heavy (non-hydrogen) atoms. The lowest BCUT2D eigenvalue weighted by Crippen LogP contribution is -2.36. The Morgan fingerprint density at radius 3 is 2.65 bits per heavy atom. The van der Waals surface area contributed by atoms with Gasteiger partial charge in [-0.25, -0.2) is 0 Å². The Labute approximate surface area is 105 Å². The number of hydrogen-bond donors (Lipinski definition) is 1. The van der Waals surface area contributed by atoms with E-state index in [1.807, 2.05) is 0 Å². The monoisotopic (exact) mass is 232 g/mol. The second-order valence-electron chi connectivity index (χ2n) is 5.53. The van der Waals surface area contributed by atoms with Gasteiger partial charge in [0.1, 0.15) is 0 Å². The number of nitrogens with zero attached hydrogens (tertiary/aromatic N) is 1. The first-order valence-corrected chi connectivity index (χ1v) is 6.67. The van der Waals surface area contributed by atoms with Crippen LogP contribution in [0.2, 0.25) is 0 Å². The normalized spacial score (nSPS) is 21.3. The molecule has 0 spiro atoms. The minimum atomic E-state index is 0.597. The fraction of sp³-hybridized carbons (Fsp3) is 0.600. The number of hydrogen-bond acceptors (Lipinski definition) is 2. The van der Waals surface area contributed by atoms with Crippen LogP contribution >= 0.6 is 0 Å². The topological polar surface area (TPSA) is 15.3 Å². The summed E-state index contributed by atoms with van der Waals surface area (Å²) in [7, 11) is 0. The van der Waals surface area contributed by atoms with Gasteiger partial charge in [0.25, 0.3) is 0 Å². The summed E-state index contributed by atoms with van der Waals surface area (Å²) in [6.45, 7) is 10.1. The molecule has 0 aliphatic carbocycles. The molecule has 1 aliphatic heterocycles. The van der Waals surface area contributed by atoms with Gasteiger partial charge >= 0.3 is 0 Å². The maximum atomic E-state index is 3.62. The number of rotatable bonds is 4. The maximum absolute atomic E-state index is 3.62. The first-order chi connectivity index (χ1) is 8.13. The van der Waals surface area contributed by atoms with Crippen molar-refractivity contribution < 1.29 is 0 Å². The van der Waals surface area contributed by atoms with Gasteiger partial charge in [0, 0.05) is 31.7 Å². The fourth-order valence-corrected chi connectivity index (χ4v) is 2.54. The lowest BCUT2D eigenvalue weighted by molar-refractivity contribution is 0.317. The zero-order valence-electron chi connectivity index (χ0n) is 11.2. The van der Waals surface area contributed by atoms with Crippen LogP contribution in [0.3, 0.4) is 0 Å². The van der Waals surface area contributed by atoms with Crippen LogP contribution in [0.25, 0.3) is 0 Å². The quantitative estimate of drug-likeness (QED) is 0.858. The van der Waals surface area contributed by atoms with E-state index in [4.69, 9.17) is 0 Å². The third-order valence-electron chi connectivity index (χ3n) is 3.37. The standard InChI is InChI=1S/C15H24N2/c1-12(2)16-15-8-9-17(11-15)10-14-6-4-13(3)5-7-14/h4-7,12,15-16H,8-11H2,1-3H3. The lowest BCUT2D eigenvalue weighted by atomic mass is 10.1. The third kappa shape index (κ3) is 3.83. The fourth-order valence-electron chi connectivity index (χ4n) is 2.54. The number of aryl methyl sites for hydroxylation is 1. The first-order valence-electron chi connectivity index (χ1n) is 6.67. The molecule has 2 nitrogen and oxygen atoms in total. The molecule has 2 rings (SSSR count). The van der Waals surface area contributed by atoms with Crippen molar-refractivity contribution in [3.63, 3.8) is 0 Å². The van der Waals surface area contributed by atoms with Gasteiger partial charge in [0.15, 0.2) is 0 Å². The van der Waals surface area contributed by atoms with Crippen LogP contribution in [-0.4, -0.2) is 30.1 Å². The highest BCUT2D eigenvalue weighted by Gasteiger charge is 2.22. The molecule has 1 fully saturated rings. The van der Waals surface area contributed by atoms with Crippen molar-refractivity contribution in [3.8, 4) is 0 Å². The first kappa shape index (κ1) is 12.6. The van der Waals surface area contributed by atoms with E-state index < -0.39 is 0 Å². The van der Waals surface area contributed by atoms with Crippen LogP contribution in [0.5, 0.6) is 0 Å². The van der Waals surface area contributed by atoms with Gasteiger partial charge in [-0.1, -0.05) is 43.7 Å². The molecule has 0 bridgehead atoms. The lowest BCUT2D eigenvalue weighted by Gasteiger charge is -2.18. The molecule has 1 atom stereocenters. The third-order valence-corrected chi connectivity index (χ3v) is 3.37. The molecule has 1 N–H and O–H groups in total. The van der Waals surface area contributed by atoms with Gasteiger partial charge < -0.3 is 5.32 Å². The van der Waals surface area contributed by atoms with E-state index >= 15 is 0 Å². The summed E-state index contributed by atoms with van der Waals surface area (Å²) >= 11 is 0. The molecule has 1 aromatic rings. The molecule has 0 amide bonds. The Morgan fingerprint density at radius 2 is 2.00 bits per heavy atom. The van der Waals surface area contributed by atoms with Gasteiger partial charge in [-0.05, 0) is 18.9 Å². The number of likely N-dealkylation sites (tertiary alicyclic amines) is 1. The van der Waals surface area contributed by atoms with Gasteiger partial charge in [0.2, 0.25) is 0 Å². The van der Waals surface area contributed by atoms with Crippen LogP contribution in [-0.2, 0) is 6.54 Å². The molecule has 0 aromatic heterocycles. The van der Waals surface area contributed by atoms with E-state index in [1.165, 1.54) is 30.6 Å². The zero-order valence-corrected chi connectivity index (χ0v) is 11.2. The summed E-state index contributed by atoms with van der Waals surface area (Å²) in [5.74, 6) is 0. The van der Waals surface area contributed by atoms with E-state index in [9.17, 15) is 0 Å². The number of nitrogens with one attached hydrogen (secondary N) is 1. The number of benzene rings is 1. The highest BCUT2D eigenvalue weighted by atomic mass is 15.2. The average Bonchev–Trinajstić information content (AvgIpc) is 2.68. The molecule has 1 unspecified atom stereocenters. The predicted molar refractivity (Wildman–Crippen MR) is 73.1 cm³/mol. The highest BCUT2D eigenvalue weighted by Crippen LogP contribution is 2.14. The van der Waals surface area contributed by atoms with Crippen molar-refractivity contribution in [2.24, 2.45) is 0 Å². The van der Waals surface area contributed by atoms with E-state index in [0.717, 1.165) is 6.54 Å². The van der Waals surface area contributed by atoms with E-state index in [-0.39, 0.29) is 0 Å². The molecular formula is C15H24N2. The molecule has 94 valence electrons. The summed E-state index contributed by atoms with van der Waals surface area (Å²) in [6.07, 6.45) is 1.28. The molecule has 0 saturated carbocycles. The van der Waals surface area contributed by atoms with Crippen molar-refractivity contribution in [1.29, 1.82) is 0 Å². The molecule has 1 saturated heterocycles. The Morgan fingerprint density at radius 1 is 1.29 bits per heavy atom. The Kier molecular flexibility index (Phi) is 4.19. The molecule has 2 heteroatoms. The summed E-state index contributed by atoms with van der Waals surface area (Å²) < 4.78 is 0. The minimum Gasteiger partial charge on any atom is -0.310 e. The zero-order chi connectivity index (χ0) is 12.3. The van der Waals surface area contributed by atoms with Crippen molar-refractivity contribution in [1.82, 2.24) is 10.2 Å². The molecular weight excluding hydrogens is 208 g/mol. The maximum Gasteiger partial charge on any atom is 0.0234 e. The highest BCUT2D eigenvalue weighted by molar-refractivity contribution is 5.21. The van der Waals surface area contributed by atoms with E-state index in [1.54, 1.807) is 0 Å². The summed E-state index contributed by atoms with van der Waals surface area (Å²) in [5, 5.41) is 3.62. The summed E-state index contributed by atoms with van der Waals surface area (Å²) in [5.41, 5.74) is 2.77. The van der Waals surface area contributed by atoms with Crippen LogP contribution < -0.4 is 5.32 Å². The van der Waals surface area contributed by atoms with Crippen LogP contribution in [0.4, 0.5) is 0 Å². The van der Waals surface area contributed by atoms with E-state index in [2.05, 4.69) is 55.3 Å². The Bertz CT molecular complexity index is 342. The second kappa shape index (κ2) is 5.65. The second-order valence-corrected chi connectivity index (χ2v) is 5.53. The molecule has 1 aromatic carbocycles. The predicted octanol–water partition coefficient (Wildman–Crippen LogP) is 2.57. The molecule has 1 aliphatic rings. The van der Waals surface area contributed by atoms with Crippen LogP contribution in [0.15, 0.2) is 24.3 Å². The summed E-state index contributed by atoms with van der Waals surface area (Å²) in [6, 6.07) is 10.2. The SMILES string of the molecule is Cc1ccc(CN2CCC(NC(C)C)C2)cc1. The smallest absolute Gasteiger partial charge is 0.0234 e. The largest absolute Gasteiger partial charge is 0.310 e.